The number of hydrogen-bond donors (Lipinski definition) is 2. The fourth-order valence-electron chi connectivity index (χ4n) is 4.15. The SMILES string of the molecule is CO[C@H]1C[C@@H]2CNC[C@@H]2C[C@@H]1NS(=O)(=O)c1ccc2oc(=O)ccc2c1.Cl. The summed E-state index contributed by atoms with van der Waals surface area (Å²) in [5.74, 6) is 1.02. The van der Waals surface area contributed by atoms with Gasteiger partial charge in [-0.1, -0.05) is 0 Å². The van der Waals surface area contributed by atoms with Crippen LogP contribution in [0.4, 0.5) is 0 Å². The minimum absolute atomic E-state index is 0. The van der Waals surface area contributed by atoms with Gasteiger partial charge in [-0.05, 0) is 62.0 Å². The van der Waals surface area contributed by atoms with Crippen molar-refractivity contribution in [3.05, 3.63) is 40.8 Å². The lowest BCUT2D eigenvalue weighted by Gasteiger charge is -2.37. The molecule has 1 aliphatic carbocycles. The number of rotatable bonds is 4. The molecule has 1 saturated carbocycles. The average molecular weight is 415 g/mol. The molecular weight excluding hydrogens is 392 g/mol. The summed E-state index contributed by atoms with van der Waals surface area (Å²) >= 11 is 0. The molecule has 9 heteroatoms. The van der Waals surface area contributed by atoms with E-state index in [1.807, 2.05) is 0 Å². The van der Waals surface area contributed by atoms with Crippen molar-refractivity contribution >= 4 is 33.4 Å². The summed E-state index contributed by atoms with van der Waals surface area (Å²) in [6.07, 6.45) is 1.48. The quantitative estimate of drug-likeness (QED) is 0.736. The zero-order valence-corrected chi connectivity index (χ0v) is 16.5. The van der Waals surface area contributed by atoms with Gasteiger partial charge in [0.25, 0.3) is 0 Å². The molecule has 4 rings (SSSR count). The minimum atomic E-state index is -3.70. The number of sulfonamides is 1. The zero-order chi connectivity index (χ0) is 18.3. The van der Waals surface area contributed by atoms with Crippen LogP contribution in [0.25, 0.3) is 11.0 Å². The van der Waals surface area contributed by atoms with Crippen LogP contribution in [0.1, 0.15) is 12.8 Å². The van der Waals surface area contributed by atoms with Gasteiger partial charge in [-0.25, -0.2) is 17.9 Å². The molecule has 0 bridgehead atoms. The summed E-state index contributed by atoms with van der Waals surface area (Å²) in [4.78, 5) is 11.4. The van der Waals surface area contributed by atoms with Crippen LogP contribution < -0.4 is 15.7 Å². The van der Waals surface area contributed by atoms with Crippen molar-refractivity contribution in [2.45, 2.75) is 29.9 Å². The molecule has 0 radical (unpaired) electrons. The van der Waals surface area contributed by atoms with Crippen molar-refractivity contribution < 1.29 is 17.6 Å². The highest BCUT2D eigenvalue weighted by molar-refractivity contribution is 7.89. The van der Waals surface area contributed by atoms with Gasteiger partial charge in [0.15, 0.2) is 0 Å². The Bertz CT molecular complexity index is 977. The summed E-state index contributed by atoms with van der Waals surface area (Å²) < 4.78 is 39.2. The monoisotopic (exact) mass is 414 g/mol. The number of halogens is 1. The van der Waals surface area contributed by atoms with E-state index < -0.39 is 15.6 Å². The van der Waals surface area contributed by atoms with E-state index in [-0.39, 0.29) is 29.4 Å². The standard InChI is InChI=1S/C18H22N2O5S.ClH/c1-24-17-8-13-10-19-9-12(13)7-15(17)20-26(22,23)14-3-4-16-11(6-14)2-5-18(21)25-16;/h2-6,12-13,15,17,19-20H,7-10H2,1H3;1H/t12-,13+,15-,17-;/m0./s1. The van der Waals surface area contributed by atoms with E-state index in [1.165, 1.54) is 24.3 Å². The molecule has 1 aliphatic heterocycles. The molecule has 148 valence electrons. The third-order valence-corrected chi connectivity index (χ3v) is 7.02. The largest absolute Gasteiger partial charge is 0.423 e. The Morgan fingerprint density at radius 2 is 1.89 bits per heavy atom. The van der Waals surface area contributed by atoms with E-state index in [9.17, 15) is 13.2 Å². The first-order valence-electron chi connectivity index (χ1n) is 8.76. The van der Waals surface area contributed by atoms with Gasteiger partial charge in [0.2, 0.25) is 10.0 Å². The maximum atomic E-state index is 12.9. The van der Waals surface area contributed by atoms with Crippen molar-refractivity contribution in [2.75, 3.05) is 20.2 Å². The maximum Gasteiger partial charge on any atom is 0.336 e. The summed E-state index contributed by atoms with van der Waals surface area (Å²) in [6, 6.07) is 7.07. The minimum Gasteiger partial charge on any atom is -0.423 e. The molecule has 27 heavy (non-hydrogen) atoms. The molecular formula is C18H23ClN2O5S. The first kappa shape index (κ1) is 20.3. The van der Waals surface area contributed by atoms with Gasteiger partial charge in [0.1, 0.15) is 5.58 Å². The van der Waals surface area contributed by atoms with Gasteiger partial charge in [-0.15, -0.1) is 12.4 Å². The first-order chi connectivity index (χ1) is 12.5. The average Bonchev–Trinajstić information content (AvgIpc) is 3.07. The highest BCUT2D eigenvalue weighted by atomic mass is 35.5. The fourth-order valence-corrected chi connectivity index (χ4v) is 5.46. The molecule has 2 heterocycles. The van der Waals surface area contributed by atoms with Crippen LogP contribution in [0.3, 0.4) is 0 Å². The van der Waals surface area contributed by atoms with Crippen molar-refractivity contribution in [1.29, 1.82) is 0 Å². The lowest BCUT2D eigenvalue weighted by molar-refractivity contribution is 0.0194. The Kier molecular flexibility index (Phi) is 5.93. The predicted molar refractivity (Wildman–Crippen MR) is 104 cm³/mol. The topological polar surface area (TPSA) is 97.6 Å². The lowest BCUT2D eigenvalue weighted by Crippen LogP contribution is -2.50. The number of nitrogens with one attached hydrogen (secondary N) is 2. The van der Waals surface area contributed by atoms with Crippen LogP contribution in [0.15, 0.2) is 44.4 Å². The molecule has 0 spiro atoms. The smallest absolute Gasteiger partial charge is 0.336 e. The number of benzene rings is 1. The molecule has 1 saturated heterocycles. The molecule has 7 nitrogen and oxygen atoms in total. The second kappa shape index (κ2) is 7.89. The van der Waals surface area contributed by atoms with E-state index in [1.54, 1.807) is 13.2 Å². The van der Waals surface area contributed by atoms with E-state index in [0.717, 1.165) is 25.9 Å². The zero-order valence-electron chi connectivity index (χ0n) is 14.9. The van der Waals surface area contributed by atoms with Crippen LogP contribution in [0.2, 0.25) is 0 Å². The van der Waals surface area contributed by atoms with Crippen LogP contribution in [-0.4, -0.2) is 40.8 Å². The number of hydrogen-bond acceptors (Lipinski definition) is 6. The second-order valence-corrected chi connectivity index (χ2v) is 8.82. The van der Waals surface area contributed by atoms with Crippen molar-refractivity contribution in [2.24, 2.45) is 11.8 Å². The Balaban J connectivity index is 0.00000210. The Labute approximate surface area is 163 Å². The van der Waals surface area contributed by atoms with Gasteiger partial charge in [0.05, 0.1) is 11.0 Å². The van der Waals surface area contributed by atoms with E-state index in [2.05, 4.69) is 10.0 Å². The van der Waals surface area contributed by atoms with E-state index >= 15 is 0 Å². The molecule has 2 aliphatic rings. The van der Waals surface area contributed by atoms with E-state index in [0.29, 0.717) is 22.8 Å². The van der Waals surface area contributed by atoms with Gasteiger partial charge in [-0.3, -0.25) is 0 Å². The van der Waals surface area contributed by atoms with Gasteiger partial charge < -0.3 is 14.5 Å². The third kappa shape index (κ3) is 4.05. The second-order valence-electron chi connectivity index (χ2n) is 7.11. The van der Waals surface area contributed by atoms with E-state index in [4.69, 9.17) is 9.15 Å². The summed E-state index contributed by atoms with van der Waals surface area (Å²) in [5.41, 5.74) is -0.0974. The van der Waals surface area contributed by atoms with Crippen molar-refractivity contribution in [3.63, 3.8) is 0 Å². The van der Waals surface area contributed by atoms with Gasteiger partial charge in [-0.2, -0.15) is 0 Å². The third-order valence-electron chi connectivity index (χ3n) is 5.53. The molecule has 4 atom stereocenters. The molecule has 1 aromatic carbocycles. The molecule has 2 fully saturated rings. The molecule has 2 aromatic rings. The van der Waals surface area contributed by atoms with Crippen molar-refractivity contribution in [3.8, 4) is 0 Å². The van der Waals surface area contributed by atoms with Gasteiger partial charge in [0, 0.05) is 24.6 Å². The first-order valence-corrected chi connectivity index (χ1v) is 10.2. The summed E-state index contributed by atoms with van der Waals surface area (Å²) in [6.45, 7) is 1.90. The highest BCUT2D eigenvalue weighted by Gasteiger charge is 2.41. The molecule has 2 N–H and O–H groups in total. The normalized spacial score (nSPS) is 27.9. The van der Waals surface area contributed by atoms with Gasteiger partial charge >= 0.3 is 5.63 Å². The lowest BCUT2D eigenvalue weighted by atomic mass is 9.78. The number of ether oxygens (including phenoxy) is 1. The summed E-state index contributed by atoms with van der Waals surface area (Å²) in [7, 11) is -2.07. The Morgan fingerprint density at radius 3 is 2.63 bits per heavy atom. The Hall–Kier alpha value is -1.45. The van der Waals surface area contributed by atoms with Crippen molar-refractivity contribution in [1.82, 2.24) is 10.0 Å². The van der Waals surface area contributed by atoms with Crippen LogP contribution >= 0.6 is 12.4 Å². The number of fused-ring (bicyclic) bond motifs is 2. The molecule has 0 amide bonds. The maximum absolute atomic E-state index is 12.9. The molecule has 0 unspecified atom stereocenters. The fraction of sp³-hybridized carbons (Fsp3) is 0.500. The molecule has 1 aromatic heterocycles. The van der Waals surface area contributed by atoms with Crippen LogP contribution in [0.5, 0.6) is 0 Å². The van der Waals surface area contributed by atoms with Crippen LogP contribution in [-0.2, 0) is 14.8 Å². The number of methoxy groups -OCH3 is 1. The van der Waals surface area contributed by atoms with Crippen LogP contribution in [0, 0.1) is 11.8 Å². The highest BCUT2D eigenvalue weighted by Crippen LogP contribution is 2.34. The Morgan fingerprint density at radius 1 is 1.15 bits per heavy atom. The summed E-state index contributed by atoms with van der Waals surface area (Å²) in [5, 5.41) is 3.95. The predicted octanol–water partition coefficient (Wildman–Crippen LogP) is 1.51.